The Bertz CT molecular complexity index is 506. The molecule has 0 unspecified atom stereocenters. The summed E-state index contributed by atoms with van der Waals surface area (Å²) >= 11 is 5.94. The van der Waals surface area contributed by atoms with Crippen molar-refractivity contribution in [1.82, 2.24) is 0 Å². The van der Waals surface area contributed by atoms with E-state index in [1.54, 1.807) is 30.3 Å². The number of aromatic hydroxyl groups is 1. The van der Waals surface area contributed by atoms with Crippen LogP contribution in [0.5, 0.6) is 5.75 Å². The number of rotatable bonds is 1. The van der Waals surface area contributed by atoms with E-state index in [-0.39, 0.29) is 5.75 Å². The third kappa shape index (κ3) is 1.34. The van der Waals surface area contributed by atoms with Crippen molar-refractivity contribution in [3.05, 3.63) is 40.9 Å². The zero-order valence-corrected chi connectivity index (χ0v) is 7.95. The third-order valence-corrected chi connectivity index (χ3v) is 2.39. The number of carbonyl (C=O) groups is 1. The molecule has 0 saturated heterocycles. The van der Waals surface area contributed by atoms with Crippen molar-refractivity contribution in [2.24, 2.45) is 0 Å². The first-order valence-corrected chi connectivity index (χ1v) is 4.46. The minimum absolute atomic E-state index is 0.133. The van der Waals surface area contributed by atoms with Crippen LogP contribution in [0.25, 0.3) is 10.8 Å². The molecule has 14 heavy (non-hydrogen) atoms. The van der Waals surface area contributed by atoms with Crippen molar-refractivity contribution in [1.29, 1.82) is 0 Å². The van der Waals surface area contributed by atoms with Crippen molar-refractivity contribution in [2.75, 3.05) is 0 Å². The fourth-order valence-electron chi connectivity index (χ4n) is 1.41. The van der Waals surface area contributed by atoms with Crippen LogP contribution >= 0.6 is 11.6 Å². The van der Waals surface area contributed by atoms with Crippen LogP contribution in [-0.4, -0.2) is 11.4 Å². The molecule has 3 heteroatoms. The molecule has 0 spiro atoms. The summed E-state index contributed by atoms with van der Waals surface area (Å²) in [6.07, 6.45) is 0.706. The molecular formula is C11H7ClO2. The van der Waals surface area contributed by atoms with Gasteiger partial charge in [-0.05, 0) is 18.2 Å². The Balaban J connectivity index is 2.90. The van der Waals surface area contributed by atoms with E-state index in [0.717, 1.165) is 5.39 Å². The monoisotopic (exact) mass is 206 g/mol. The Labute approximate surface area is 85.7 Å². The smallest absolute Gasteiger partial charge is 0.150 e. The lowest BCUT2D eigenvalue weighted by atomic mass is 10.1. The Kier molecular flexibility index (Phi) is 2.14. The molecule has 2 aromatic carbocycles. The average Bonchev–Trinajstić information content (AvgIpc) is 2.19. The van der Waals surface area contributed by atoms with Gasteiger partial charge in [0.25, 0.3) is 0 Å². The Morgan fingerprint density at radius 1 is 1.21 bits per heavy atom. The van der Waals surface area contributed by atoms with Crippen molar-refractivity contribution in [3.63, 3.8) is 0 Å². The lowest BCUT2D eigenvalue weighted by Gasteiger charge is -2.03. The highest BCUT2D eigenvalue weighted by molar-refractivity contribution is 6.36. The number of hydrogen-bond acceptors (Lipinski definition) is 2. The summed E-state index contributed by atoms with van der Waals surface area (Å²) in [5.41, 5.74) is 0.462. The molecule has 0 heterocycles. The molecule has 2 aromatic rings. The topological polar surface area (TPSA) is 37.3 Å². The second-order valence-electron chi connectivity index (χ2n) is 2.99. The molecule has 0 bridgehead atoms. The maximum Gasteiger partial charge on any atom is 0.150 e. The molecular weight excluding hydrogens is 200 g/mol. The number of phenols is 1. The summed E-state index contributed by atoms with van der Waals surface area (Å²) < 4.78 is 0. The van der Waals surface area contributed by atoms with Gasteiger partial charge >= 0.3 is 0 Å². The fraction of sp³-hybridized carbons (Fsp3) is 0. The van der Waals surface area contributed by atoms with Gasteiger partial charge in [0.05, 0.1) is 0 Å². The summed E-state index contributed by atoms with van der Waals surface area (Å²) in [5, 5.41) is 11.4. The highest BCUT2D eigenvalue weighted by Gasteiger charge is 2.04. The molecule has 0 atom stereocenters. The zero-order valence-electron chi connectivity index (χ0n) is 7.20. The first-order chi connectivity index (χ1) is 6.72. The predicted octanol–water partition coefficient (Wildman–Crippen LogP) is 3.01. The van der Waals surface area contributed by atoms with Crippen LogP contribution in [0.2, 0.25) is 5.02 Å². The lowest BCUT2D eigenvalue weighted by molar-refractivity contribution is 0.112. The number of carbonyl (C=O) groups excluding carboxylic acids is 1. The van der Waals surface area contributed by atoms with E-state index in [0.29, 0.717) is 22.3 Å². The predicted molar refractivity (Wildman–Crippen MR) is 56.0 cm³/mol. The van der Waals surface area contributed by atoms with Gasteiger partial charge in [-0.25, -0.2) is 0 Å². The largest absolute Gasteiger partial charge is 0.507 e. The van der Waals surface area contributed by atoms with Gasteiger partial charge in [-0.15, -0.1) is 0 Å². The average molecular weight is 207 g/mol. The summed E-state index contributed by atoms with van der Waals surface area (Å²) in [4.78, 5) is 10.6. The Morgan fingerprint density at radius 3 is 2.71 bits per heavy atom. The second kappa shape index (κ2) is 3.31. The second-order valence-corrected chi connectivity index (χ2v) is 3.40. The number of aldehydes is 1. The minimum atomic E-state index is 0.133. The van der Waals surface area contributed by atoms with E-state index in [1.165, 1.54) is 0 Å². The number of halogens is 1. The molecule has 0 aliphatic rings. The molecule has 0 amide bonds. The van der Waals surface area contributed by atoms with E-state index in [4.69, 9.17) is 11.6 Å². The van der Waals surface area contributed by atoms with Crippen molar-refractivity contribution >= 4 is 28.7 Å². The van der Waals surface area contributed by atoms with Crippen LogP contribution in [-0.2, 0) is 0 Å². The maximum absolute atomic E-state index is 10.6. The van der Waals surface area contributed by atoms with Crippen LogP contribution in [0.1, 0.15) is 10.4 Å². The van der Waals surface area contributed by atoms with Crippen LogP contribution in [0.3, 0.4) is 0 Å². The maximum atomic E-state index is 10.6. The molecule has 0 fully saturated rings. The minimum Gasteiger partial charge on any atom is -0.507 e. The Morgan fingerprint density at radius 2 is 2.00 bits per heavy atom. The fourth-order valence-corrected chi connectivity index (χ4v) is 1.70. The van der Waals surface area contributed by atoms with E-state index >= 15 is 0 Å². The standard InChI is InChI=1S/C11H7ClO2/c12-10-5-7(6-13)4-9-8(10)2-1-3-11(9)14/h1-6,14H. The molecule has 2 nitrogen and oxygen atoms in total. The van der Waals surface area contributed by atoms with E-state index < -0.39 is 0 Å². The van der Waals surface area contributed by atoms with Gasteiger partial charge in [0.15, 0.2) is 0 Å². The first-order valence-electron chi connectivity index (χ1n) is 4.09. The molecule has 0 saturated carbocycles. The highest BCUT2D eigenvalue weighted by atomic mass is 35.5. The van der Waals surface area contributed by atoms with Gasteiger partial charge < -0.3 is 5.11 Å². The molecule has 0 aromatic heterocycles. The van der Waals surface area contributed by atoms with Gasteiger partial charge in [-0.2, -0.15) is 0 Å². The number of fused-ring (bicyclic) bond motifs is 1. The molecule has 70 valence electrons. The van der Waals surface area contributed by atoms with Crippen molar-refractivity contribution < 1.29 is 9.90 Å². The molecule has 2 rings (SSSR count). The van der Waals surface area contributed by atoms with E-state index in [2.05, 4.69) is 0 Å². The number of benzene rings is 2. The van der Waals surface area contributed by atoms with E-state index in [1.807, 2.05) is 0 Å². The normalized spacial score (nSPS) is 10.4. The van der Waals surface area contributed by atoms with Crippen LogP contribution in [0, 0.1) is 0 Å². The van der Waals surface area contributed by atoms with Gasteiger partial charge in [-0.1, -0.05) is 23.7 Å². The van der Waals surface area contributed by atoms with E-state index in [9.17, 15) is 9.90 Å². The SMILES string of the molecule is O=Cc1cc(Cl)c2cccc(O)c2c1. The van der Waals surface area contributed by atoms with Crippen molar-refractivity contribution in [2.45, 2.75) is 0 Å². The molecule has 0 radical (unpaired) electrons. The highest BCUT2D eigenvalue weighted by Crippen LogP contribution is 2.30. The molecule has 0 aliphatic heterocycles. The lowest BCUT2D eigenvalue weighted by Crippen LogP contribution is -1.82. The Hall–Kier alpha value is -1.54. The van der Waals surface area contributed by atoms with Crippen LogP contribution in [0.15, 0.2) is 30.3 Å². The molecule has 1 N–H and O–H groups in total. The van der Waals surface area contributed by atoms with Gasteiger partial charge in [-0.3, -0.25) is 4.79 Å². The summed E-state index contributed by atoms with van der Waals surface area (Å²) in [6.45, 7) is 0. The number of hydrogen-bond donors (Lipinski definition) is 1. The van der Waals surface area contributed by atoms with Gasteiger partial charge in [0.2, 0.25) is 0 Å². The molecule has 0 aliphatic carbocycles. The van der Waals surface area contributed by atoms with Crippen molar-refractivity contribution in [3.8, 4) is 5.75 Å². The number of phenolic OH excluding ortho intramolecular Hbond substituents is 1. The first kappa shape index (κ1) is 9.03. The zero-order chi connectivity index (χ0) is 10.1. The summed E-state index contributed by atoms with van der Waals surface area (Å²) in [7, 11) is 0. The van der Waals surface area contributed by atoms with Crippen LogP contribution < -0.4 is 0 Å². The van der Waals surface area contributed by atoms with Crippen LogP contribution in [0.4, 0.5) is 0 Å². The van der Waals surface area contributed by atoms with Gasteiger partial charge in [0.1, 0.15) is 12.0 Å². The summed E-state index contributed by atoms with van der Waals surface area (Å²) in [5.74, 6) is 0.133. The summed E-state index contributed by atoms with van der Waals surface area (Å²) in [6, 6.07) is 8.27. The third-order valence-electron chi connectivity index (χ3n) is 2.08. The quantitative estimate of drug-likeness (QED) is 0.729. The van der Waals surface area contributed by atoms with Gasteiger partial charge in [0, 0.05) is 21.4 Å².